The van der Waals surface area contributed by atoms with Crippen LogP contribution in [0.25, 0.3) is 0 Å². The van der Waals surface area contributed by atoms with E-state index in [1.165, 1.54) is 122 Å². The number of carbonyl (C=O) groups is 1. The van der Waals surface area contributed by atoms with Gasteiger partial charge in [0.05, 0.1) is 32.0 Å². The molecule has 0 aromatic rings. The van der Waals surface area contributed by atoms with Crippen LogP contribution >= 0.6 is 0 Å². The van der Waals surface area contributed by atoms with Gasteiger partial charge in [0.1, 0.15) is 48.8 Å². The van der Waals surface area contributed by atoms with E-state index in [4.69, 9.17) is 18.9 Å². The Labute approximate surface area is 398 Å². The number of unbranched alkanes of at least 4 members (excludes halogenated alkanes) is 26. The van der Waals surface area contributed by atoms with E-state index in [1.807, 2.05) is 6.08 Å². The van der Waals surface area contributed by atoms with Gasteiger partial charge in [-0.15, -0.1) is 0 Å². The summed E-state index contributed by atoms with van der Waals surface area (Å²) in [5.41, 5.74) is 0. The van der Waals surface area contributed by atoms with Crippen LogP contribution in [0.4, 0.5) is 0 Å². The molecule has 1 amide bonds. The van der Waals surface area contributed by atoms with Crippen LogP contribution in [0.2, 0.25) is 0 Å². The lowest BCUT2D eigenvalue weighted by molar-refractivity contribution is -0.359. The van der Waals surface area contributed by atoms with Crippen LogP contribution in [-0.4, -0.2) is 140 Å². The minimum Gasteiger partial charge on any atom is -0.394 e. The minimum absolute atomic E-state index is 0.248. The second kappa shape index (κ2) is 39.2. The summed E-state index contributed by atoms with van der Waals surface area (Å²) in [6, 6.07) is -0.915. The van der Waals surface area contributed by atoms with E-state index in [9.17, 15) is 45.6 Å². The largest absolute Gasteiger partial charge is 0.394 e. The average molecular weight is 944 g/mol. The summed E-state index contributed by atoms with van der Waals surface area (Å²) in [4.78, 5) is 13.2. The van der Waals surface area contributed by atoms with Crippen molar-refractivity contribution in [2.24, 2.45) is 0 Å². The maximum absolute atomic E-state index is 13.2. The second-order valence-electron chi connectivity index (χ2n) is 19.0. The topological polar surface area (TPSA) is 228 Å². The summed E-state index contributed by atoms with van der Waals surface area (Å²) in [6.07, 6.45) is 26.4. The van der Waals surface area contributed by atoms with Crippen molar-refractivity contribution in [3.05, 3.63) is 24.3 Å². The van der Waals surface area contributed by atoms with Crippen LogP contribution in [0.5, 0.6) is 0 Å². The fraction of sp³-hybridized carbons (Fsp3) is 0.904. The molecule has 2 saturated heterocycles. The van der Waals surface area contributed by atoms with E-state index in [0.29, 0.717) is 6.42 Å². The first-order valence-corrected chi connectivity index (χ1v) is 26.6. The number of rotatable bonds is 41. The molecule has 0 aliphatic carbocycles. The molecule has 2 fully saturated rings. The predicted octanol–water partition coefficient (Wildman–Crippen LogP) is 7.33. The van der Waals surface area contributed by atoms with Gasteiger partial charge >= 0.3 is 0 Å². The van der Waals surface area contributed by atoms with E-state index >= 15 is 0 Å². The first-order chi connectivity index (χ1) is 32.1. The number of nitrogens with one attached hydrogen (secondary N) is 1. The van der Waals surface area contributed by atoms with Crippen LogP contribution in [0.1, 0.15) is 206 Å². The van der Waals surface area contributed by atoms with Gasteiger partial charge in [-0.3, -0.25) is 4.79 Å². The van der Waals surface area contributed by atoms with Gasteiger partial charge in [-0.1, -0.05) is 179 Å². The number of aliphatic hydroxyl groups is 8. The van der Waals surface area contributed by atoms with Gasteiger partial charge in [0.2, 0.25) is 5.91 Å². The molecule has 2 aliphatic heterocycles. The molecule has 12 unspecified atom stereocenters. The lowest BCUT2D eigenvalue weighted by Gasteiger charge is -2.46. The lowest BCUT2D eigenvalue weighted by atomic mass is 9.97. The van der Waals surface area contributed by atoms with E-state index in [1.54, 1.807) is 6.08 Å². The molecule has 0 radical (unpaired) electrons. The summed E-state index contributed by atoms with van der Waals surface area (Å²) in [6.45, 7) is 2.78. The molecular weight excluding hydrogens is 847 g/mol. The molecule has 2 heterocycles. The minimum atomic E-state index is -1.79. The van der Waals surface area contributed by atoms with Crippen molar-refractivity contribution in [1.29, 1.82) is 0 Å². The van der Waals surface area contributed by atoms with Crippen molar-refractivity contribution < 1.29 is 64.6 Å². The molecule has 0 aromatic carbocycles. The third-order valence-corrected chi connectivity index (χ3v) is 13.1. The summed E-state index contributed by atoms with van der Waals surface area (Å²) in [5.74, 6) is -0.248. The third-order valence-electron chi connectivity index (χ3n) is 13.1. The average Bonchev–Trinajstić information content (AvgIpc) is 3.31. The number of ether oxygens (including phenoxy) is 4. The molecular formula is C52H97NO13. The maximum Gasteiger partial charge on any atom is 0.220 e. The molecule has 66 heavy (non-hydrogen) atoms. The fourth-order valence-electron chi connectivity index (χ4n) is 8.76. The first-order valence-electron chi connectivity index (χ1n) is 26.6. The molecule has 388 valence electrons. The second-order valence-corrected chi connectivity index (χ2v) is 19.0. The highest BCUT2D eigenvalue weighted by atomic mass is 16.7. The standard InChI is InChI=1S/C52H97NO13/c1-3-5-7-9-11-13-15-17-19-20-22-23-25-27-29-31-33-35-41(56)40(53-44(57)36-34-32-30-28-26-24-21-18-16-14-12-10-8-6-4-2)39-63-51-49(62)47(60)50(43(38-55)65-51)66-52-48(61)46(59)45(58)42(37-54)64-52/h18,21,33,35,40-43,45-52,54-56,58-62H,3-17,19-20,22-32,34,36-39H2,1-2H3,(H,53,57)/b21-18-,35-33+. The van der Waals surface area contributed by atoms with Crippen LogP contribution in [0.3, 0.4) is 0 Å². The van der Waals surface area contributed by atoms with Crippen molar-refractivity contribution in [2.45, 2.75) is 280 Å². The first kappa shape index (κ1) is 60.6. The van der Waals surface area contributed by atoms with Crippen molar-refractivity contribution in [1.82, 2.24) is 5.32 Å². The monoisotopic (exact) mass is 944 g/mol. The molecule has 0 spiro atoms. The number of aliphatic hydroxyl groups excluding tert-OH is 8. The summed E-state index contributed by atoms with van der Waals surface area (Å²) >= 11 is 0. The van der Waals surface area contributed by atoms with Crippen LogP contribution in [-0.2, 0) is 23.7 Å². The van der Waals surface area contributed by atoms with Gasteiger partial charge in [-0.2, -0.15) is 0 Å². The van der Waals surface area contributed by atoms with E-state index < -0.39 is 86.8 Å². The SMILES string of the molecule is CCCCCCCC/C=C\CCCCCCCC(=O)NC(COC1OC(CO)C(OC2OC(CO)C(O)C(O)C2O)C(O)C1O)C(O)/C=C/CCCCCCCCCCCCCCCCC. The number of hydrogen-bond acceptors (Lipinski definition) is 13. The van der Waals surface area contributed by atoms with Crippen molar-refractivity contribution >= 4 is 5.91 Å². The zero-order chi connectivity index (χ0) is 48.2. The molecule has 9 N–H and O–H groups in total. The highest BCUT2D eigenvalue weighted by molar-refractivity contribution is 5.76. The highest BCUT2D eigenvalue weighted by Gasteiger charge is 2.51. The Morgan fingerprint density at radius 2 is 0.955 bits per heavy atom. The molecule has 14 nitrogen and oxygen atoms in total. The summed E-state index contributed by atoms with van der Waals surface area (Å²) in [7, 11) is 0. The molecule has 12 atom stereocenters. The Bertz CT molecular complexity index is 1210. The van der Waals surface area contributed by atoms with Crippen molar-refractivity contribution in [2.75, 3.05) is 19.8 Å². The Morgan fingerprint density at radius 1 is 0.530 bits per heavy atom. The van der Waals surface area contributed by atoms with E-state index in [2.05, 4.69) is 31.3 Å². The Hall–Kier alpha value is -1.53. The zero-order valence-electron chi connectivity index (χ0n) is 41.2. The normalized spacial score (nSPS) is 26.9. The molecule has 0 saturated carbocycles. The fourth-order valence-corrected chi connectivity index (χ4v) is 8.76. The molecule has 14 heteroatoms. The van der Waals surface area contributed by atoms with Gasteiger partial charge in [0.25, 0.3) is 0 Å². The van der Waals surface area contributed by atoms with E-state index in [-0.39, 0.29) is 18.9 Å². The van der Waals surface area contributed by atoms with Gasteiger partial charge < -0.3 is 65.1 Å². The van der Waals surface area contributed by atoms with Gasteiger partial charge in [0.15, 0.2) is 12.6 Å². The van der Waals surface area contributed by atoms with Crippen LogP contribution in [0.15, 0.2) is 24.3 Å². The van der Waals surface area contributed by atoms with Crippen molar-refractivity contribution in [3.63, 3.8) is 0 Å². The Balaban J connectivity index is 1.84. The zero-order valence-corrected chi connectivity index (χ0v) is 41.2. The Kier molecular flexibility index (Phi) is 36.0. The van der Waals surface area contributed by atoms with Crippen LogP contribution < -0.4 is 5.32 Å². The number of amides is 1. The molecule has 2 aliphatic rings. The Morgan fingerprint density at radius 3 is 1.44 bits per heavy atom. The van der Waals surface area contributed by atoms with Gasteiger partial charge in [0, 0.05) is 6.42 Å². The van der Waals surface area contributed by atoms with Gasteiger partial charge in [-0.25, -0.2) is 0 Å². The third kappa shape index (κ3) is 25.9. The summed E-state index contributed by atoms with van der Waals surface area (Å²) < 4.78 is 22.7. The number of allylic oxidation sites excluding steroid dienone is 3. The molecule has 0 aromatic heterocycles. The van der Waals surface area contributed by atoms with E-state index in [0.717, 1.165) is 57.8 Å². The van der Waals surface area contributed by atoms with Crippen LogP contribution in [0, 0.1) is 0 Å². The predicted molar refractivity (Wildman–Crippen MR) is 258 cm³/mol. The highest BCUT2D eigenvalue weighted by Crippen LogP contribution is 2.30. The van der Waals surface area contributed by atoms with Crippen molar-refractivity contribution in [3.8, 4) is 0 Å². The smallest absolute Gasteiger partial charge is 0.220 e. The number of hydrogen-bond donors (Lipinski definition) is 9. The maximum atomic E-state index is 13.2. The molecule has 2 rings (SSSR count). The molecule has 0 bridgehead atoms. The lowest BCUT2D eigenvalue weighted by Crippen LogP contribution is -2.65. The van der Waals surface area contributed by atoms with Gasteiger partial charge in [-0.05, 0) is 44.9 Å². The quantitative estimate of drug-likeness (QED) is 0.0216. The summed E-state index contributed by atoms with van der Waals surface area (Å²) in [5, 5.41) is 86.8. The number of carbonyl (C=O) groups excluding carboxylic acids is 1.